The Bertz CT molecular complexity index is 141. The summed E-state index contributed by atoms with van der Waals surface area (Å²) in [6, 6.07) is 0.714. The highest BCUT2D eigenvalue weighted by molar-refractivity contribution is 4.78. The lowest BCUT2D eigenvalue weighted by atomic mass is 10.2. The van der Waals surface area contributed by atoms with Crippen LogP contribution in [-0.2, 0) is 0 Å². The molecule has 0 aromatic rings. The van der Waals surface area contributed by atoms with E-state index in [2.05, 4.69) is 24.2 Å². The number of rotatable bonds is 5. The van der Waals surface area contributed by atoms with Crippen molar-refractivity contribution in [3.63, 3.8) is 0 Å². The Morgan fingerprint density at radius 1 is 1.62 bits per heavy atom. The van der Waals surface area contributed by atoms with E-state index < -0.39 is 0 Å². The minimum absolute atomic E-state index is 0.285. The quantitative estimate of drug-likeness (QED) is 0.648. The van der Waals surface area contributed by atoms with Crippen LogP contribution in [-0.4, -0.2) is 49.3 Å². The second-order valence-electron chi connectivity index (χ2n) is 4.22. The number of likely N-dealkylation sites (tertiary alicyclic amines) is 1. The molecule has 0 aromatic carbocycles. The lowest BCUT2D eigenvalue weighted by Gasteiger charge is -2.20. The monoisotopic (exact) mass is 186 g/mol. The van der Waals surface area contributed by atoms with Crippen molar-refractivity contribution in [3.05, 3.63) is 0 Å². The van der Waals surface area contributed by atoms with E-state index in [4.69, 9.17) is 5.11 Å². The fraction of sp³-hybridized carbons (Fsp3) is 1.00. The lowest BCUT2D eigenvalue weighted by Crippen LogP contribution is -2.37. The largest absolute Gasteiger partial charge is 0.396 e. The number of nitrogens with one attached hydrogen (secondary N) is 1. The van der Waals surface area contributed by atoms with Gasteiger partial charge >= 0.3 is 0 Å². The van der Waals surface area contributed by atoms with Gasteiger partial charge in [0, 0.05) is 19.2 Å². The molecular formula is C10H22N2O. The van der Waals surface area contributed by atoms with Crippen LogP contribution in [0.25, 0.3) is 0 Å². The topological polar surface area (TPSA) is 35.5 Å². The number of hydrogen-bond donors (Lipinski definition) is 2. The van der Waals surface area contributed by atoms with Crippen molar-refractivity contribution in [2.75, 3.05) is 33.3 Å². The van der Waals surface area contributed by atoms with Gasteiger partial charge in [0.05, 0.1) is 0 Å². The van der Waals surface area contributed by atoms with Crippen LogP contribution in [0.5, 0.6) is 0 Å². The molecule has 1 aliphatic rings. The molecule has 0 aromatic heterocycles. The Balaban J connectivity index is 2.05. The molecule has 1 aliphatic heterocycles. The van der Waals surface area contributed by atoms with Crippen molar-refractivity contribution < 1.29 is 5.11 Å². The van der Waals surface area contributed by atoms with Crippen molar-refractivity contribution in [2.24, 2.45) is 5.92 Å². The van der Waals surface area contributed by atoms with E-state index in [0.717, 1.165) is 13.1 Å². The summed E-state index contributed by atoms with van der Waals surface area (Å²) in [7, 11) is 2.19. The maximum atomic E-state index is 8.83. The predicted octanol–water partition coefficient (Wildman–Crippen LogP) is 0.299. The Morgan fingerprint density at radius 3 is 2.92 bits per heavy atom. The smallest absolute Gasteiger partial charge is 0.0468 e. The summed E-state index contributed by atoms with van der Waals surface area (Å²) in [5.74, 6) is 0.381. The molecule has 2 unspecified atom stereocenters. The fourth-order valence-corrected chi connectivity index (χ4v) is 1.80. The van der Waals surface area contributed by atoms with Gasteiger partial charge in [0.1, 0.15) is 0 Å². The first-order chi connectivity index (χ1) is 6.24. The summed E-state index contributed by atoms with van der Waals surface area (Å²) in [5.41, 5.74) is 0. The Morgan fingerprint density at radius 2 is 2.38 bits per heavy atom. The lowest BCUT2D eigenvalue weighted by molar-refractivity contribution is 0.228. The van der Waals surface area contributed by atoms with Crippen molar-refractivity contribution in [3.8, 4) is 0 Å². The van der Waals surface area contributed by atoms with Crippen molar-refractivity contribution in [1.29, 1.82) is 0 Å². The second kappa shape index (κ2) is 5.58. The average molecular weight is 186 g/mol. The molecule has 1 saturated heterocycles. The molecule has 1 fully saturated rings. The van der Waals surface area contributed by atoms with E-state index in [1.165, 1.54) is 19.4 Å². The van der Waals surface area contributed by atoms with Crippen LogP contribution in [0.15, 0.2) is 0 Å². The zero-order valence-corrected chi connectivity index (χ0v) is 8.79. The summed E-state index contributed by atoms with van der Waals surface area (Å²) in [4.78, 5) is 2.41. The van der Waals surface area contributed by atoms with E-state index >= 15 is 0 Å². The van der Waals surface area contributed by atoms with Crippen LogP contribution < -0.4 is 5.32 Å². The molecule has 3 heteroatoms. The fourth-order valence-electron chi connectivity index (χ4n) is 1.80. The Kier molecular flexibility index (Phi) is 4.70. The molecule has 0 aliphatic carbocycles. The molecule has 2 atom stereocenters. The van der Waals surface area contributed by atoms with Gasteiger partial charge in [-0.05, 0) is 38.9 Å². The summed E-state index contributed by atoms with van der Waals surface area (Å²) < 4.78 is 0. The second-order valence-corrected chi connectivity index (χ2v) is 4.22. The van der Waals surface area contributed by atoms with Gasteiger partial charge in [-0.15, -0.1) is 0 Å². The summed E-state index contributed by atoms with van der Waals surface area (Å²) in [5, 5.41) is 12.2. The number of aliphatic hydroxyl groups excluding tert-OH is 1. The Labute approximate surface area is 81.1 Å². The minimum atomic E-state index is 0.285. The van der Waals surface area contributed by atoms with Gasteiger partial charge in [-0.3, -0.25) is 0 Å². The molecule has 0 amide bonds. The number of aliphatic hydroxyl groups is 1. The van der Waals surface area contributed by atoms with Crippen LogP contribution in [0.1, 0.15) is 19.8 Å². The first kappa shape index (κ1) is 11.0. The van der Waals surface area contributed by atoms with Gasteiger partial charge in [0.25, 0.3) is 0 Å². The Hall–Kier alpha value is -0.120. The highest BCUT2D eigenvalue weighted by atomic mass is 16.3. The molecule has 13 heavy (non-hydrogen) atoms. The third-order valence-corrected chi connectivity index (χ3v) is 2.86. The average Bonchev–Trinajstić information content (AvgIpc) is 2.52. The highest BCUT2D eigenvalue weighted by Crippen LogP contribution is 2.13. The van der Waals surface area contributed by atoms with Gasteiger partial charge < -0.3 is 15.3 Å². The zero-order chi connectivity index (χ0) is 9.68. The van der Waals surface area contributed by atoms with E-state index in [0.29, 0.717) is 12.0 Å². The summed E-state index contributed by atoms with van der Waals surface area (Å²) in [6.07, 6.45) is 2.65. The van der Waals surface area contributed by atoms with Gasteiger partial charge in [0.2, 0.25) is 0 Å². The summed E-state index contributed by atoms with van der Waals surface area (Å²) >= 11 is 0. The van der Waals surface area contributed by atoms with Crippen LogP contribution in [0.2, 0.25) is 0 Å². The van der Waals surface area contributed by atoms with E-state index in [-0.39, 0.29) is 6.61 Å². The molecule has 0 bridgehead atoms. The maximum absolute atomic E-state index is 8.83. The van der Waals surface area contributed by atoms with Crippen molar-refractivity contribution >= 4 is 0 Å². The van der Waals surface area contributed by atoms with Crippen LogP contribution >= 0.6 is 0 Å². The third-order valence-electron chi connectivity index (χ3n) is 2.86. The molecular weight excluding hydrogens is 164 g/mol. The number of hydrogen-bond acceptors (Lipinski definition) is 3. The predicted molar refractivity (Wildman–Crippen MR) is 54.8 cm³/mol. The van der Waals surface area contributed by atoms with Gasteiger partial charge in [0.15, 0.2) is 0 Å². The molecule has 0 spiro atoms. The van der Waals surface area contributed by atoms with Crippen LogP contribution in [0.3, 0.4) is 0 Å². The molecule has 1 heterocycles. The molecule has 0 saturated carbocycles. The molecule has 0 radical (unpaired) electrons. The first-order valence-corrected chi connectivity index (χ1v) is 5.26. The maximum Gasteiger partial charge on any atom is 0.0468 e. The zero-order valence-electron chi connectivity index (χ0n) is 8.79. The van der Waals surface area contributed by atoms with Gasteiger partial charge in [-0.25, -0.2) is 0 Å². The molecule has 78 valence electrons. The van der Waals surface area contributed by atoms with Crippen molar-refractivity contribution in [1.82, 2.24) is 10.2 Å². The third kappa shape index (κ3) is 3.63. The van der Waals surface area contributed by atoms with E-state index in [1.54, 1.807) is 0 Å². The summed E-state index contributed by atoms with van der Waals surface area (Å²) in [6.45, 7) is 5.59. The van der Waals surface area contributed by atoms with E-state index in [1.807, 2.05) is 0 Å². The highest BCUT2D eigenvalue weighted by Gasteiger charge is 2.19. The SMILES string of the molecule is CC(CO)CNCC1CCCN1C. The number of nitrogens with zero attached hydrogens (tertiary/aromatic N) is 1. The standard InChI is InChI=1S/C10H22N2O/c1-9(8-13)6-11-7-10-4-3-5-12(10)2/h9-11,13H,3-8H2,1-2H3. The van der Waals surface area contributed by atoms with Gasteiger partial charge in [-0.2, -0.15) is 0 Å². The van der Waals surface area contributed by atoms with E-state index in [9.17, 15) is 0 Å². The number of likely N-dealkylation sites (N-methyl/N-ethyl adjacent to an activating group) is 1. The van der Waals surface area contributed by atoms with Crippen LogP contribution in [0, 0.1) is 5.92 Å². The van der Waals surface area contributed by atoms with Crippen LogP contribution in [0.4, 0.5) is 0 Å². The van der Waals surface area contributed by atoms with Crippen molar-refractivity contribution in [2.45, 2.75) is 25.8 Å². The first-order valence-electron chi connectivity index (χ1n) is 5.26. The molecule has 1 rings (SSSR count). The minimum Gasteiger partial charge on any atom is -0.396 e. The molecule has 3 nitrogen and oxygen atoms in total. The van der Waals surface area contributed by atoms with Gasteiger partial charge in [-0.1, -0.05) is 6.92 Å². The normalized spacial score (nSPS) is 26.5. The molecule has 2 N–H and O–H groups in total.